The van der Waals surface area contributed by atoms with Crippen molar-refractivity contribution in [1.82, 2.24) is 5.32 Å². The minimum atomic E-state index is -3.27. The lowest BCUT2D eigenvalue weighted by atomic mass is 10.0. The van der Waals surface area contributed by atoms with E-state index in [1.807, 2.05) is 0 Å². The summed E-state index contributed by atoms with van der Waals surface area (Å²) >= 11 is 0. The zero-order valence-electron chi connectivity index (χ0n) is 12.9. The Balaban J connectivity index is 1.95. The van der Waals surface area contributed by atoms with Gasteiger partial charge >= 0.3 is 0 Å². The van der Waals surface area contributed by atoms with Gasteiger partial charge in [0, 0.05) is 12.1 Å². The van der Waals surface area contributed by atoms with Crippen LogP contribution in [0, 0.1) is 16.6 Å². The zero-order chi connectivity index (χ0) is 15.6. The summed E-state index contributed by atoms with van der Waals surface area (Å²) in [6.45, 7) is 8.82. The average Bonchev–Trinajstić information content (AvgIpc) is 2.74. The van der Waals surface area contributed by atoms with E-state index >= 15 is 0 Å². The fourth-order valence-electron chi connectivity index (χ4n) is 3.60. The SMILES string of the molecule is CC1(C)C(NC2CCS(=O)(=O)c3ccc(F)cc32)C1(C)C. The third-order valence-corrected chi connectivity index (χ3v) is 7.56. The van der Waals surface area contributed by atoms with Gasteiger partial charge in [-0.25, -0.2) is 12.8 Å². The molecule has 1 aromatic carbocycles. The number of sulfone groups is 1. The van der Waals surface area contributed by atoms with E-state index in [0.717, 1.165) is 0 Å². The molecular weight excluding hydrogens is 289 g/mol. The summed E-state index contributed by atoms with van der Waals surface area (Å²) in [5.74, 6) is -0.261. The number of hydrogen-bond donors (Lipinski definition) is 1. The molecule has 5 heteroatoms. The quantitative estimate of drug-likeness (QED) is 0.854. The van der Waals surface area contributed by atoms with Crippen molar-refractivity contribution >= 4 is 9.84 Å². The van der Waals surface area contributed by atoms with Crippen molar-refractivity contribution in [1.29, 1.82) is 0 Å². The van der Waals surface area contributed by atoms with Crippen LogP contribution in [0.15, 0.2) is 23.1 Å². The Morgan fingerprint density at radius 1 is 1.19 bits per heavy atom. The molecule has 1 atom stereocenters. The molecule has 1 aromatic rings. The van der Waals surface area contributed by atoms with Crippen LogP contribution in [0.25, 0.3) is 0 Å². The number of hydrogen-bond acceptors (Lipinski definition) is 3. The van der Waals surface area contributed by atoms with Gasteiger partial charge in [0.15, 0.2) is 9.84 Å². The lowest BCUT2D eigenvalue weighted by Gasteiger charge is -2.27. The van der Waals surface area contributed by atoms with Crippen LogP contribution >= 0.6 is 0 Å². The summed E-state index contributed by atoms with van der Waals surface area (Å²) in [5, 5.41) is 3.56. The number of rotatable bonds is 2. The van der Waals surface area contributed by atoms with Gasteiger partial charge in [-0.15, -0.1) is 0 Å². The predicted molar refractivity (Wildman–Crippen MR) is 80.3 cm³/mol. The Labute approximate surface area is 125 Å². The van der Waals surface area contributed by atoms with E-state index in [0.29, 0.717) is 18.0 Å². The molecule has 0 saturated heterocycles. The molecule has 0 bridgehead atoms. The van der Waals surface area contributed by atoms with E-state index < -0.39 is 9.84 Å². The maximum Gasteiger partial charge on any atom is 0.178 e. The topological polar surface area (TPSA) is 46.2 Å². The number of benzene rings is 1. The Morgan fingerprint density at radius 3 is 2.38 bits per heavy atom. The highest BCUT2D eigenvalue weighted by Crippen LogP contribution is 2.63. The number of nitrogens with one attached hydrogen (secondary N) is 1. The monoisotopic (exact) mass is 311 g/mol. The van der Waals surface area contributed by atoms with Crippen LogP contribution in [0.5, 0.6) is 0 Å². The molecule has 1 heterocycles. The Morgan fingerprint density at radius 2 is 1.81 bits per heavy atom. The first kappa shape index (κ1) is 15.0. The first-order valence-corrected chi connectivity index (χ1v) is 9.01. The van der Waals surface area contributed by atoms with Crippen LogP contribution in [0.1, 0.15) is 45.7 Å². The zero-order valence-corrected chi connectivity index (χ0v) is 13.7. The molecule has 116 valence electrons. The van der Waals surface area contributed by atoms with Gasteiger partial charge in [-0.3, -0.25) is 0 Å². The number of fused-ring (bicyclic) bond motifs is 1. The molecule has 1 aliphatic carbocycles. The van der Waals surface area contributed by atoms with Crippen molar-refractivity contribution in [3.63, 3.8) is 0 Å². The Bertz CT molecular complexity index is 680. The first-order valence-electron chi connectivity index (χ1n) is 7.35. The minimum Gasteiger partial charge on any atom is -0.306 e. The second kappa shape index (κ2) is 4.29. The summed E-state index contributed by atoms with van der Waals surface area (Å²) in [4.78, 5) is 0.281. The normalized spacial score (nSPS) is 28.9. The molecule has 21 heavy (non-hydrogen) atoms. The van der Waals surface area contributed by atoms with Gasteiger partial charge in [0.05, 0.1) is 10.6 Å². The second-order valence-corrected chi connectivity index (χ2v) is 9.46. The van der Waals surface area contributed by atoms with E-state index in [-0.39, 0.29) is 33.3 Å². The van der Waals surface area contributed by atoms with Gasteiger partial charge in [0.1, 0.15) is 5.82 Å². The van der Waals surface area contributed by atoms with Crippen molar-refractivity contribution in [2.24, 2.45) is 10.8 Å². The fraction of sp³-hybridized carbons (Fsp3) is 0.625. The molecule has 1 saturated carbocycles. The van der Waals surface area contributed by atoms with Gasteiger partial charge in [0.25, 0.3) is 0 Å². The van der Waals surface area contributed by atoms with E-state index in [1.165, 1.54) is 18.2 Å². The van der Waals surface area contributed by atoms with Crippen molar-refractivity contribution in [3.8, 4) is 0 Å². The average molecular weight is 311 g/mol. The molecule has 0 spiro atoms. The van der Waals surface area contributed by atoms with Crippen LogP contribution in [0.2, 0.25) is 0 Å². The summed E-state index contributed by atoms with van der Waals surface area (Å²) < 4.78 is 37.8. The lowest BCUT2D eigenvalue weighted by Crippen LogP contribution is -2.33. The molecule has 1 fully saturated rings. The Kier molecular flexibility index (Phi) is 3.06. The molecule has 1 unspecified atom stereocenters. The van der Waals surface area contributed by atoms with Gasteiger partial charge in [-0.1, -0.05) is 27.7 Å². The van der Waals surface area contributed by atoms with E-state index in [9.17, 15) is 12.8 Å². The third-order valence-electron chi connectivity index (χ3n) is 5.75. The molecule has 1 N–H and O–H groups in total. The standard InChI is InChI=1S/C16H22FNO2S/c1-15(2)14(16(15,3)4)18-12-7-8-21(19,20)13-6-5-10(17)9-11(12)13/h5-6,9,12,14,18H,7-8H2,1-4H3. The third kappa shape index (κ3) is 2.13. The van der Waals surface area contributed by atoms with Gasteiger partial charge in [-0.2, -0.15) is 0 Å². The highest BCUT2D eigenvalue weighted by molar-refractivity contribution is 7.91. The summed E-state index contributed by atoms with van der Waals surface area (Å²) in [6.07, 6.45) is 0.501. The van der Waals surface area contributed by atoms with Crippen molar-refractivity contribution in [3.05, 3.63) is 29.6 Å². The van der Waals surface area contributed by atoms with E-state index in [4.69, 9.17) is 0 Å². The van der Waals surface area contributed by atoms with Crippen LogP contribution in [0.3, 0.4) is 0 Å². The molecule has 2 aliphatic rings. The largest absolute Gasteiger partial charge is 0.306 e. The number of halogens is 1. The van der Waals surface area contributed by atoms with Crippen LogP contribution in [-0.4, -0.2) is 20.2 Å². The fourth-order valence-corrected chi connectivity index (χ4v) is 5.20. The summed E-state index contributed by atoms with van der Waals surface area (Å²) in [7, 11) is -3.27. The molecule has 1 aliphatic heterocycles. The van der Waals surface area contributed by atoms with Crippen LogP contribution < -0.4 is 5.32 Å². The lowest BCUT2D eigenvalue weighted by molar-refractivity contribution is 0.444. The van der Waals surface area contributed by atoms with Crippen LogP contribution in [-0.2, 0) is 9.84 Å². The smallest absolute Gasteiger partial charge is 0.178 e. The van der Waals surface area contributed by atoms with Gasteiger partial charge in [-0.05, 0) is 41.0 Å². The molecule has 0 radical (unpaired) electrons. The van der Waals surface area contributed by atoms with Crippen LogP contribution in [0.4, 0.5) is 4.39 Å². The van der Waals surface area contributed by atoms with Crippen molar-refractivity contribution in [2.75, 3.05) is 5.75 Å². The molecule has 0 amide bonds. The molecule has 3 rings (SSSR count). The molecular formula is C16H22FNO2S. The maximum absolute atomic E-state index is 13.6. The van der Waals surface area contributed by atoms with E-state index in [1.54, 1.807) is 0 Å². The van der Waals surface area contributed by atoms with Gasteiger partial charge < -0.3 is 5.32 Å². The highest BCUT2D eigenvalue weighted by Gasteiger charge is 2.65. The molecule has 3 nitrogen and oxygen atoms in total. The minimum absolute atomic E-state index is 0.0923. The summed E-state index contributed by atoms with van der Waals surface area (Å²) in [6, 6.07) is 4.21. The maximum atomic E-state index is 13.6. The van der Waals surface area contributed by atoms with E-state index in [2.05, 4.69) is 33.0 Å². The second-order valence-electron chi connectivity index (χ2n) is 7.39. The predicted octanol–water partition coefficient (Wildman–Crippen LogP) is 3.07. The van der Waals surface area contributed by atoms with Crippen molar-refractivity contribution < 1.29 is 12.8 Å². The summed E-state index contributed by atoms with van der Waals surface area (Å²) in [5.41, 5.74) is 0.910. The molecule has 0 aromatic heterocycles. The van der Waals surface area contributed by atoms with Crippen molar-refractivity contribution in [2.45, 2.75) is 51.1 Å². The Hall–Kier alpha value is -0.940. The highest BCUT2D eigenvalue weighted by atomic mass is 32.2. The van der Waals surface area contributed by atoms with Gasteiger partial charge in [0.2, 0.25) is 0 Å². The first-order chi connectivity index (χ1) is 9.57.